The van der Waals surface area contributed by atoms with Crippen LogP contribution in [-0.4, -0.2) is 0 Å². The molecule has 0 N–H and O–H groups in total. The van der Waals surface area contributed by atoms with Gasteiger partial charge in [0.2, 0.25) is 0 Å². The van der Waals surface area contributed by atoms with Gasteiger partial charge in [0.25, 0.3) is 0 Å². The zero-order chi connectivity index (χ0) is 7.56. The van der Waals surface area contributed by atoms with Gasteiger partial charge in [0, 0.05) is 6.08 Å². The molecule has 0 aliphatic heterocycles. The number of hydrogen-bond donors (Lipinski definition) is 0. The van der Waals surface area contributed by atoms with Crippen LogP contribution in [0, 0.1) is 0 Å². The van der Waals surface area contributed by atoms with Crippen LogP contribution in [-0.2, 0) is 0 Å². The van der Waals surface area contributed by atoms with E-state index in [1.807, 2.05) is 0 Å². The molecule has 0 heterocycles. The van der Waals surface area contributed by atoms with Crippen molar-refractivity contribution in [2.75, 3.05) is 0 Å². The van der Waals surface area contributed by atoms with E-state index in [9.17, 15) is 8.78 Å². The fourth-order valence-electron chi connectivity index (χ4n) is 0.646. The summed E-state index contributed by atoms with van der Waals surface area (Å²) in [6, 6.07) is 0. The molecule has 0 spiro atoms. The average molecular weight is 140 g/mol. The fraction of sp³-hybridized carbons (Fsp3) is 0.125. The van der Waals surface area contributed by atoms with Crippen LogP contribution in [0.5, 0.6) is 0 Å². The van der Waals surface area contributed by atoms with E-state index < -0.39 is 11.7 Å². The maximum Gasteiger partial charge on any atom is 0.168 e. The normalized spacial score (nSPS) is 17.3. The van der Waals surface area contributed by atoms with Crippen molar-refractivity contribution in [1.29, 1.82) is 0 Å². The average Bonchev–Trinajstić information content (AvgIpc) is 1.93. The maximum absolute atomic E-state index is 12.4. The minimum atomic E-state index is -0.675. The molecule has 0 fully saturated rings. The second kappa shape index (κ2) is 2.63. The first-order valence-electron chi connectivity index (χ1n) is 2.86. The molecule has 0 atom stereocenters. The van der Waals surface area contributed by atoms with E-state index in [-0.39, 0.29) is 0 Å². The van der Waals surface area contributed by atoms with Gasteiger partial charge >= 0.3 is 0 Å². The van der Waals surface area contributed by atoms with Crippen LogP contribution >= 0.6 is 0 Å². The van der Waals surface area contributed by atoms with E-state index in [0.29, 0.717) is 5.57 Å². The lowest BCUT2D eigenvalue weighted by atomic mass is 10.3. The summed E-state index contributed by atoms with van der Waals surface area (Å²) in [6.45, 7) is 1.68. The minimum Gasteiger partial charge on any atom is -0.207 e. The third kappa shape index (κ3) is 1.67. The summed E-state index contributed by atoms with van der Waals surface area (Å²) in [5, 5.41) is 0. The fourth-order valence-corrected chi connectivity index (χ4v) is 0.646. The molecule has 52 valence electrons. The molecular weight excluding hydrogens is 134 g/mol. The Morgan fingerprint density at radius 3 is 2.70 bits per heavy atom. The molecular formula is C8H6F2. The van der Waals surface area contributed by atoms with Gasteiger partial charge in [0.1, 0.15) is 5.83 Å². The van der Waals surface area contributed by atoms with Crippen LogP contribution < -0.4 is 0 Å². The van der Waals surface area contributed by atoms with Crippen molar-refractivity contribution in [2.45, 2.75) is 6.92 Å². The molecule has 0 unspecified atom stereocenters. The largest absolute Gasteiger partial charge is 0.207 e. The molecule has 0 aromatic rings. The number of halogens is 2. The van der Waals surface area contributed by atoms with E-state index in [2.05, 4.69) is 5.73 Å². The molecule has 0 bridgehead atoms. The van der Waals surface area contributed by atoms with Crippen LogP contribution in [0.4, 0.5) is 8.78 Å². The van der Waals surface area contributed by atoms with Crippen LogP contribution in [0.25, 0.3) is 0 Å². The van der Waals surface area contributed by atoms with Gasteiger partial charge in [-0.2, -0.15) is 4.39 Å². The number of allylic oxidation sites excluding steroid dienone is 5. The zero-order valence-corrected chi connectivity index (χ0v) is 5.49. The highest BCUT2D eigenvalue weighted by Gasteiger charge is 1.96. The van der Waals surface area contributed by atoms with Crippen molar-refractivity contribution < 1.29 is 8.78 Å². The molecule has 10 heavy (non-hydrogen) atoms. The molecule has 0 aromatic heterocycles. The minimum absolute atomic E-state index is 0.573. The summed E-state index contributed by atoms with van der Waals surface area (Å²) in [7, 11) is 0. The zero-order valence-electron chi connectivity index (χ0n) is 5.49. The Morgan fingerprint density at radius 1 is 1.30 bits per heavy atom. The third-order valence-electron chi connectivity index (χ3n) is 1.07. The Morgan fingerprint density at radius 2 is 2.00 bits per heavy atom. The first kappa shape index (κ1) is 6.97. The smallest absolute Gasteiger partial charge is 0.168 e. The molecule has 0 radical (unpaired) electrons. The quantitative estimate of drug-likeness (QED) is 0.454. The van der Waals surface area contributed by atoms with Crippen LogP contribution in [0.3, 0.4) is 0 Å². The SMILES string of the molecule is CC1=CC(F)=CC(F)=C=C1. The van der Waals surface area contributed by atoms with Gasteiger partial charge in [-0.1, -0.05) is 5.73 Å². The predicted molar refractivity (Wildman–Crippen MR) is 35.7 cm³/mol. The van der Waals surface area contributed by atoms with Gasteiger partial charge in [-0.15, -0.1) is 0 Å². The highest BCUT2D eigenvalue weighted by molar-refractivity contribution is 5.32. The van der Waals surface area contributed by atoms with Crippen LogP contribution in [0.15, 0.2) is 41.2 Å². The standard InChI is InChI=1S/C8H6F2/c1-6-2-3-7(9)5-8(10)4-6/h2,4-5H,1H3. The highest BCUT2D eigenvalue weighted by Crippen LogP contribution is 2.12. The summed E-state index contributed by atoms with van der Waals surface area (Å²) in [6.07, 6.45) is 3.45. The molecule has 0 amide bonds. The second-order valence-corrected chi connectivity index (χ2v) is 2.05. The van der Waals surface area contributed by atoms with E-state index in [0.717, 1.165) is 6.08 Å². The molecule has 1 aliphatic carbocycles. The number of hydrogen-bond acceptors (Lipinski definition) is 0. The topological polar surface area (TPSA) is 0 Å². The summed E-state index contributed by atoms with van der Waals surface area (Å²) in [4.78, 5) is 0. The summed E-state index contributed by atoms with van der Waals surface area (Å²) in [5.74, 6) is -1.25. The van der Waals surface area contributed by atoms with Gasteiger partial charge in [0.15, 0.2) is 5.83 Å². The predicted octanol–water partition coefficient (Wildman–Crippen LogP) is 2.81. The molecule has 0 saturated heterocycles. The van der Waals surface area contributed by atoms with Crippen LogP contribution in [0.2, 0.25) is 0 Å². The Bertz CT molecular complexity index is 263. The lowest BCUT2D eigenvalue weighted by molar-refractivity contribution is 0.633. The molecule has 2 heteroatoms. The van der Waals surface area contributed by atoms with Gasteiger partial charge < -0.3 is 0 Å². The van der Waals surface area contributed by atoms with Crippen LogP contribution in [0.1, 0.15) is 6.92 Å². The Balaban J connectivity index is 3.10. The first-order valence-corrected chi connectivity index (χ1v) is 2.86. The highest BCUT2D eigenvalue weighted by atomic mass is 19.1. The van der Waals surface area contributed by atoms with E-state index >= 15 is 0 Å². The molecule has 1 rings (SSSR count). The van der Waals surface area contributed by atoms with Crippen molar-refractivity contribution in [1.82, 2.24) is 0 Å². The summed E-state index contributed by atoms with van der Waals surface area (Å²) in [5.41, 5.74) is 2.92. The Hall–Kier alpha value is -1.14. The van der Waals surface area contributed by atoms with Crippen molar-refractivity contribution in [3.05, 3.63) is 41.2 Å². The van der Waals surface area contributed by atoms with E-state index in [1.54, 1.807) is 6.92 Å². The van der Waals surface area contributed by atoms with Gasteiger partial charge in [-0.25, -0.2) is 4.39 Å². The van der Waals surface area contributed by atoms with Crippen molar-refractivity contribution in [2.24, 2.45) is 0 Å². The molecule has 1 aliphatic rings. The van der Waals surface area contributed by atoms with E-state index in [4.69, 9.17) is 0 Å². The van der Waals surface area contributed by atoms with E-state index in [1.165, 1.54) is 12.2 Å². The summed E-state index contributed by atoms with van der Waals surface area (Å²) >= 11 is 0. The molecule has 0 aromatic carbocycles. The maximum atomic E-state index is 12.4. The Kier molecular flexibility index (Phi) is 1.83. The number of rotatable bonds is 0. The molecule has 0 saturated carbocycles. The third-order valence-corrected chi connectivity index (χ3v) is 1.07. The van der Waals surface area contributed by atoms with Gasteiger partial charge in [-0.3, -0.25) is 0 Å². The van der Waals surface area contributed by atoms with Gasteiger partial charge in [0.05, 0.1) is 0 Å². The lowest BCUT2D eigenvalue weighted by Crippen LogP contribution is -1.67. The van der Waals surface area contributed by atoms with Gasteiger partial charge in [-0.05, 0) is 24.6 Å². The Labute approximate surface area is 57.9 Å². The van der Waals surface area contributed by atoms with Crippen molar-refractivity contribution >= 4 is 0 Å². The monoisotopic (exact) mass is 140 g/mol. The summed E-state index contributed by atoms with van der Waals surface area (Å²) < 4.78 is 24.7. The molecule has 0 nitrogen and oxygen atoms in total. The van der Waals surface area contributed by atoms with Crippen molar-refractivity contribution in [3.8, 4) is 0 Å². The van der Waals surface area contributed by atoms with Crippen molar-refractivity contribution in [3.63, 3.8) is 0 Å². The lowest BCUT2D eigenvalue weighted by Gasteiger charge is -1.84. The second-order valence-electron chi connectivity index (χ2n) is 2.05. The first-order chi connectivity index (χ1) is 4.68.